The van der Waals surface area contributed by atoms with Crippen LogP contribution in [-0.2, 0) is 4.79 Å². The molecule has 1 N–H and O–H groups in total. The van der Waals surface area contributed by atoms with Crippen molar-refractivity contribution in [2.45, 2.75) is 27.7 Å². The van der Waals surface area contributed by atoms with E-state index in [1.165, 1.54) is 5.57 Å². The van der Waals surface area contributed by atoms with Crippen molar-refractivity contribution in [3.05, 3.63) is 11.1 Å². The number of carbonyl (C=O) groups is 1. The second kappa shape index (κ2) is 4.35. The van der Waals surface area contributed by atoms with Gasteiger partial charge in [0.1, 0.15) is 0 Å². The average Bonchev–Trinajstić information content (AvgIpc) is 1.96. The summed E-state index contributed by atoms with van der Waals surface area (Å²) in [6.07, 6.45) is 0. The topological polar surface area (TPSA) is 32.3 Å². The van der Waals surface area contributed by atoms with Gasteiger partial charge in [0.2, 0.25) is 5.91 Å². The summed E-state index contributed by atoms with van der Waals surface area (Å²) in [5, 5.41) is 3.16. The zero-order chi connectivity index (χ0) is 11.6. The van der Waals surface area contributed by atoms with Crippen LogP contribution in [0.1, 0.15) is 27.7 Å². The molecule has 1 heterocycles. The van der Waals surface area contributed by atoms with Gasteiger partial charge >= 0.3 is 0 Å². The molecular weight excluding hydrogens is 188 g/mol. The third-order valence-corrected chi connectivity index (χ3v) is 2.59. The van der Waals surface area contributed by atoms with Crippen LogP contribution in [0.15, 0.2) is 11.1 Å². The number of carbonyl (C=O) groups excluding carboxylic acids is 1. The summed E-state index contributed by atoms with van der Waals surface area (Å²) in [5.41, 5.74) is 2.33. The molecule has 1 aliphatic heterocycles. The molecule has 1 aliphatic rings. The molecule has 0 aromatic heterocycles. The van der Waals surface area contributed by atoms with Crippen molar-refractivity contribution < 1.29 is 4.79 Å². The highest BCUT2D eigenvalue weighted by molar-refractivity contribution is 5.93. The van der Waals surface area contributed by atoms with Crippen LogP contribution in [0.5, 0.6) is 0 Å². The fraction of sp³-hybridized carbons (Fsp3) is 0.750. The van der Waals surface area contributed by atoms with Crippen LogP contribution in [0, 0.1) is 5.41 Å². The van der Waals surface area contributed by atoms with Gasteiger partial charge in [-0.05, 0) is 17.9 Å². The van der Waals surface area contributed by atoms with Crippen LogP contribution < -0.4 is 5.32 Å². The average molecular weight is 210 g/mol. The summed E-state index contributed by atoms with van der Waals surface area (Å²) in [4.78, 5) is 13.8. The van der Waals surface area contributed by atoms with Crippen LogP contribution in [0.3, 0.4) is 0 Å². The van der Waals surface area contributed by atoms with Crippen LogP contribution >= 0.6 is 0 Å². The van der Waals surface area contributed by atoms with Gasteiger partial charge in [-0.2, -0.15) is 0 Å². The Balaban J connectivity index is 2.60. The number of nitrogens with zero attached hydrogens (tertiary/aromatic N) is 1. The van der Waals surface area contributed by atoms with E-state index < -0.39 is 0 Å². The van der Waals surface area contributed by atoms with Gasteiger partial charge in [-0.3, -0.25) is 4.79 Å². The third-order valence-electron chi connectivity index (χ3n) is 2.59. The molecule has 15 heavy (non-hydrogen) atoms. The van der Waals surface area contributed by atoms with E-state index in [0.717, 1.165) is 25.2 Å². The Bertz CT molecular complexity index is 280. The monoisotopic (exact) mass is 210 g/mol. The Hall–Kier alpha value is -0.830. The second-order valence-corrected chi connectivity index (χ2v) is 5.55. The van der Waals surface area contributed by atoms with Crippen molar-refractivity contribution >= 4 is 5.91 Å². The van der Waals surface area contributed by atoms with Gasteiger partial charge < -0.3 is 10.2 Å². The molecule has 0 aliphatic carbocycles. The molecule has 0 bridgehead atoms. The summed E-state index contributed by atoms with van der Waals surface area (Å²) >= 11 is 0. The first-order chi connectivity index (χ1) is 6.81. The predicted molar refractivity (Wildman–Crippen MR) is 62.7 cm³/mol. The summed E-state index contributed by atoms with van der Waals surface area (Å²) in [7, 11) is 1.88. The standard InChI is InChI=1S/C12H22N2O/c1-9(10-6-13-7-10)11(15)14(5)8-12(2,3)4/h13H,6-8H2,1-5H3. The summed E-state index contributed by atoms with van der Waals surface area (Å²) in [5.74, 6) is 0.168. The maximum Gasteiger partial charge on any atom is 0.249 e. The Labute approximate surface area is 92.5 Å². The number of likely N-dealkylation sites (N-methyl/N-ethyl adjacent to an activating group) is 1. The molecular formula is C12H22N2O. The van der Waals surface area contributed by atoms with E-state index in [1.54, 1.807) is 0 Å². The molecule has 0 spiro atoms. The number of hydrogen-bond acceptors (Lipinski definition) is 2. The second-order valence-electron chi connectivity index (χ2n) is 5.55. The molecule has 86 valence electrons. The quantitative estimate of drug-likeness (QED) is 0.699. The smallest absolute Gasteiger partial charge is 0.249 e. The van der Waals surface area contributed by atoms with Crippen molar-refractivity contribution in [1.82, 2.24) is 10.2 Å². The molecule has 0 aromatic carbocycles. The van der Waals surface area contributed by atoms with Crippen molar-refractivity contribution in [2.24, 2.45) is 5.41 Å². The van der Waals surface area contributed by atoms with E-state index >= 15 is 0 Å². The Morgan fingerprint density at radius 1 is 1.40 bits per heavy atom. The highest BCUT2D eigenvalue weighted by atomic mass is 16.2. The molecule has 3 heteroatoms. The summed E-state index contributed by atoms with van der Waals surface area (Å²) in [6.45, 7) is 10.9. The fourth-order valence-corrected chi connectivity index (χ4v) is 1.74. The van der Waals surface area contributed by atoms with Crippen molar-refractivity contribution in [1.29, 1.82) is 0 Å². The molecule has 0 atom stereocenters. The van der Waals surface area contributed by atoms with Gasteiger partial charge in [-0.15, -0.1) is 0 Å². The van der Waals surface area contributed by atoms with E-state index in [9.17, 15) is 4.79 Å². The highest BCUT2D eigenvalue weighted by Crippen LogP contribution is 2.17. The van der Waals surface area contributed by atoms with E-state index in [2.05, 4.69) is 26.1 Å². The first-order valence-corrected chi connectivity index (χ1v) is 5.46. The maximum absolute atomic E-state index is 12.0. The predicted octanol–water partition coefficient (Wildman–Crippen LogP) is 1.41. The van der Waals surface area contributed by atoms with E-state index in [4.69, 9.17) is 0 Å². The molecule has 0 saturated carbocycles. The number of hydrogen-bond donors (Lipinski definition) is 1. The molecule has 1 saturated heterocycles. The normalized spacial score (nSPS) is 15.9. The summed E-state index contributed by atoms with van der Waals surface area (Å²) in [6, 6.07) is 0. The van der Waals surface area contributed by atoms with Gasteiger partial charge in [-0.25, -0.2) is 0 Å². The molecule has 1 rings (SSSR count). The van der Waals surface area contributed by atoms with Crippen LogP contribution in [0.2, 0.25) is 0 Å². The Kier molecular flexibility index (Phi) is 3.55. The van der Waals surface area contributed by atoms with Gasteiger partial charge in [0.05, 0.1) is 0 Å². The van der Waals surface area contributed by atoms with E-state index in [0.29, 0.717) is 0 Å². The minimum atomic E-state index is 0.160. The first kappa shape index (κ1) is 12.2. The van der Waals surface area contributed by atoms with Crippen LogP contribution in [-0.4, -0.2) is 37.5 Å². The number of amides is 1. The molecule has 0 radical (unpaired) electrons. The van der Waals surface area contributed by atoms with Gasteiger partial charge in [0.15, 0.2) is 0 Å². The van der Waals surface area contributed by atoms with E-state index in [1.807, 2.05) is 18.9 Å². The minimum absolute atomic E-state index is 0.160. The lowest BCUT2D eigenvalue weighted by molar-refractivity contribution is -0.127. The summed E-state index contributed by atoms with van der Waals surface area (Å²) < 4.78 is 0. The Morgan fingerprint density at radius 3 is 2.27 bits per heavy atom. The lowest BCUT2D eigenvalue weighted by Crippen LogP contribution is -2.40. The van der Waals surface area contributed by atoms with Crippen LogP contribution in [0.4, 0.5) is 0 Å². The lowest BCUT2D eigenvalue weighted by Gasteiger charge is -2.29. The lowest BCUT2D eigenvalue weighted by atomic mass is 9.95. The highest BCUT2D eigenvalue weighted by Gasteiger charge is 2.22. The largest absolute Gasteiger partial charge is 0.341 e. The number of nitrogens with one attached hydrogen (secondary N) is 1. The first-order valence-electron chi connectivity index (χ1n) is 5.46. The molecule has 0 unspecified atom stereocenters. The molecule has 0 aromatic rings. The van der Waals surface area contributed by atoms with Gasteiger partial charge in [0.25, 0.3) is 0 Å². The van der Waals surface area contributed by atoms with Crippen molar-refractivity contribution in [3.63, 3.8) is 0 Å². The Morgan fingerprint density at radius 2 is 1.93 bits per heavy atom. The van der Waals surface area contributed by atoms with E-state index in [-0.39, 0.29) is 11.3 Å². The fourth-order valence-electron chi connectivity index (χ4n) is 1.74. The zero-order valence-electron chi connectivity index (χ0n) is 10.5. The molecule has 3 nitrogen and oxygen atoms in total. The van der Waals surface area contributed by atoms with Gasteiger partial charge in [0, 0.05) is 32.3 Å². The van der Waals surface area contributed by atoms with Crippen molar-refractivity contribution in [2.75, 3.05) is 26.7 Å². The van der Waals surface area contributed by atoms with Gasteiger partial charge in [-0.1, -0.05) is 20.8 Å². The van der Waals surface area contributed by atoms with Crippen molar-refractivity contribution in [3.8, 4) is 0 Å². The zero-order valence-corrected chi connectivity index (χ0v) is 10.5. The SMILES string of the molecule is CC(C(=O)N(C)CC(C)(C)C)=C1CNC1. The number of rotatable bonds is 2. The minimum Gasteiger partial charge on any atom is -0.341 e. The maximum atomic E-state index is 12.0. The third kappa shape index (κ3) is 3.34. The molecule has 1 fully saturated rings. The molecule has 1 amide bonds. The van der Waals surface area contributed by atoms with Crippen LogP contribution in [0.25, 0.3) is 0 Å².